The summed E-state index contributed by atoms with van der Waals surface area (Å²) >= 11 is 20.0. The first-order chi connectivity index (χ1) is 21.2. The van der Waals surface area contributed by atoms with Crippen molar-refractivity contribution < 1.29 is 14.3 Å². The number of hydrogen-bond donors (Lipinski definition) is 3. The number of hydrogen-bond acceptors (Lipinski definition) is 7. The lowest BCUT2D eigenvalue weighted by atomic mass is 10.1. The van der Waals surface area contributed by atoms with Crippen LogP contribution in [0, 0.1) is 6.92 Å². The third-order valence-corrected chi connectivity index (χ3v) is 7.70. The van der Waals surface area contributed by atoms with Crippen LogP contribution in [-0.2, 0) is 4.79 Å². The van der Waals surface area contributed by atoms with Gasteiger partial charge >= 0.3 is 0 Å². The van der Waals surface area contributed by atoms with Crippen molar-refractivity contribution in [3.8, 4) is 17.0 Å². The number of ether oxygens (including phenoxy) is 1. The molecule has 0 saturated carbocycles. The molecule has 4 aromatic carbocycles. The molecule has 8 nitrogen and oxygen atoms in total. The van der Waals surface area contributed by atoms with Gasteiger partial charge in [-0.3, -0.25) is 9.59 Å². The monoisotopic (exact) mass is 663 g/mol. The van der Waals surface area contributed by atoms with Gasteiger partial charge in [0, 0.05) is 32.9 Å². The van der Waals surface area contributed by atoms with Crippen LogP contribution in [0.2, 0.25) is 15.1 Å². The molecule has 3 N–H and O–H groups in total. The van der Waals surface area contributed by atoms with Crippen LogP contribution in [0.25, 0.3) is 11.3 Å². The average molecular weight is 665 g/mol. The first-order valence-electron chi connectivity index (χ1n) is 13.1. The molecule has 0 saturated heterocycles. The minimum absolute atomic E-state index is 0.152. The fourth-order valence-corrected chi connectivity index (χ4v) is 5.39. The molecule has 12 heteroatoms. The topological polar surface area (TPSA) is 105 Å². The van der Waals surface area contributed by atoms with E-state index in [1.54, 1.807) is 48.5 Å². The molecule has 0 aliphatic carbocycles. The highest BCUT2D eigenvalue weighted by atomic mass is 35.5. The molecule has 44 heavy (non-hydrogen) atoms. The number of aryl methyl sites for hydroxylation is 1. The Kier molecular flexibility index (Phi) is 10.1. The van der Waals surface area contributed by atoms with Gasteiger partial charge in [0.1, 0.15) is 0 Å². The Morgan fingerprint density at radius 3 is 2.25 bits per heavy atom. The number of halogens is 3. The molecule has 0 fully saturated rings. The van der Waals surface area contributed by atoms with Gasteiger partial charge in [0.05, 0.1) is 22.0 Å². The van der Waals surface area contributed by atoms with Gasteiger partial charge in [0.25, 0.3) is 11.8 Å². The number of carbonyl (C=O) groups is 2. The zero-order valence-electron chi connectivity index (χ0n) is 23.1. The maximum atomic E-state index is 12.6. The molecule has 0 bridgehead atoms. The van der Waals surface area contributed by atoms with E-state index in [4.69, 9.17) is 39.5 Å². The molecule has 222 valence electrons. The smallest absolute Gasteiger partial charge is 0.271 e. The minimum Gasteiger partial charge on any atom is -0.481 e. The van der Waals surface area contributed by atoms with Crippen LogP contribution in [0.4, 0.5) is 16.5 Å². The lowest BCUT2D eigenvalue weighted by Crippen LogP contribution is -2.20. The van der Waals surface area contributed by atoms with E-state index in [1.807, 2.05) is 48.7 Å². The van der Waals surface area contributed by atoms with Gasteiger partial charge in [-0.2, -0.15) is 5.10 Å². The highest BCUT2D eigenvalue weighted by Crippen LogP contribution is 2.34. The molecule has 0 atom stereocenters. The molecule has 1 heterocycles. The lowest BCUT2D eigenvalue weighted by Gasteiger charge is -2.11. The number of benzene rings is 4. The van der Waals surface area contributed by atoms with Crippen LogP contribution in [0.5, 0.6) is 5.75 Å². The summed E-state index contributed by atoms with van der Waals surface area (Å²) in [5.41, 5.74) is 7.85. The number of hydrazone groups is 1. The normalized spacial score (nSPS) is 10.9. The van der Waals surface area contributed by atoms with E-state index in [0.717, 1.165) is 22.1 Å². The molecular weight excluding hydrogens is 641 g/mol. The van der Waals surface area contributed by atoms with E-state index in [-0.39, 0.29) is 22.4 Å². The number of aromatic nitrogens is 1. The van der Waals surface area contributed by atoms with Crippen molar-refractivity contribution in [2.75, 3.05) is 17.2 Å². The summed E-state index contributed by atoms with van der Waals surface area (Å²) in [6, 6.07) is 24.9. The fraction of sp³-hybridized carbons (Fsp3) is 0.0625. The predicted octanol–water partition coefficient (Wildman–Crippen LogP) is 8.60. The van der Waals surface area contributed by atoms with E-state index in [1.165, 1.54) is 23.1 Å². The summed E-state index contributed by atoms with van der Waals surface area (Å²) in [5.74, 6) is -0.636. The summed E-state index contributed by atoms with van der Waals surface area (Å²) in [7, 11) is 0. The Bertz CT molecular complexity index is 1790. The van der Waals surface area contributed by atoms with E-state index < -0.39 is 11.8 Å². The number of nitrogens with zero attached hydrogens (tertiary/aromatic N) is 2. The largest absolute Gasteiger partial charge is 0.481 e. The second-order valence-corrected chi connectivity index (χ2v) is 11.6. The van der Waals surface area contributed by atoms with Crippen LogP contribution in [-0.4, -0.2) is 29.6 Å². The zero-order chi connectivity index (χ0) is 31.1. The van der Waals surface area contributed by atoms with Crippen LogP contribution in [0.15, 0.2) is 95.4 Å². The van der Waals surface area contributed by atoms with E-state index >= 15 is 0 Å². The van der Waals surface area contributed by atoms with Gasteiger partial charge in [-0.05, 0) is 73.2 Å². The summed E-state index contributed by atoms with van der Waals surface area (Å²) < 4.78 is 5.53. The Morgan fingerprint density at radius 2 is 1.57 bits per heavy atom. The van der Waals surface area contributed by atoms with Crippen molar-refractivity contribution in [1.29, 1.82) is 0 Å². The van der Waals surface area contributed by atoms with Crippen molar-refractivity contribution in [3.05, 3.63) is 122 Å². The third-order valence-electron chi connectivity index (χ3n) is 6.13. The molecule has 5 rings (SSSR count). The SMILES string of the molecule is Cc1ccc(Nc2nc(-c3ccc(C(=O)N/N=C/c4cc(Cl)c(OCC(=O)Nc5ccc(Cl)cc5)c(Cl)c4)cc3)cs2)cc1. The second kappa shape index (κ2) is 14.4. The van der Waals surface area contributed by atoms with Gasteiger partial charge in [-0.25, -0.2) is 10.4 Å². The minimum atomic E-state index is -0.396. The van der Waals surface area contributed by atoms with Gasteiger partial charge < -0.3 is 15.4 Å². The van der Waals surface area contributed by atoms with E-state index in [0.29, 0.717) is 21.8 Å². The molecule has 1 aromatic heterocycles. The van der Waals surface area contributed by atoms with E-state index in [9.17, 15) is 9.59 Å². The molecule has 0 unspecified atom stereocenters. The number of rotatable bonds is 10. The molecule has 5 aromatic rings. The van der Waals surface area contributed by atoms with Gasteiger partial charge in [0.2, 0.25) is 0 Å². The Balaban J connectivity index is 1.13. The lowest BCUT2D eigenvalue weighted by molar-refractivity contribution is -0.118. The van der Waals surface area contributed by atoms with E-state index in [2.05, 4.69) is 26.1 Å². The first kappa shape index (κ1) is 31.0. The highest BCUT2D eigenvalue weighted by molar-refractivity contribution is 7.14. The molecule has 0 aliphatic heterocycles. The highest BCUT2D eigenvalue weighted by Gasteiger charge is 2.13. The Hall–Kier alpha value is -4.41. The summed E-state index contributed by atoms with van der Waals surface area (Å²) in [6.45, 7) is 1.73. The van der Waals surface area contributed by atoms with Crippen LogP contribution < -0.4 is 20.8 Å². The third kappa shape index (κ3) is 8.36. The quantitative estimate of drug-likeness (QED) is 0.102. The van der Waals surface area contributed by atoms with Crippen molar-refractivity contribution in [2.45, 2.75) is 6.92 Å². The molecular formula is C32H24Cl3N5O3S. The number of thiazole rings is 1. The Morgan fingerprint density at radius 1 is 0.909 bits per heavy atom. The summed E-state index contributed by atoms with van der Waals surface area (Å²) in [5, 5.41) is 13.7. The number of anilines is 3. The molecule has 0 aliphatic rings. The van der Waals surface area contributed by atoms with Crippen molar-refractivity contribution >= 4 is 80.7 Å². The maximum Gasteiger partial charge on any atom is 0.271 e. The van der Waals surface area contributed by atoms with Crippen LogP contribution in [0.3, 0.4) is 0 Å². The number of amides is 2. The van der Waals surface area contributed by atoms with Gasteiger partial charge in [-0.1, -0.05) is 64.6 Å². The summed E-state index contributed by atoms with van der Waals surface area (Å²) in [4.78, 5) is 29.5. The molecule has 0 spiro atoms. The van der Waals surface area contributed by atoms with Crippen LogP contribution >= 0.6 is 46.1 Å². The summed E-state index contributed by atoms with van der Waals surface area (Å²) in [6.07, 6.45) is 1.40. The van der Waals surface area contributed by atoms with Crippen molar-refractivity contribution in [3.63, 3.8) is 0 Å². The predicted molar refractivity (Wildman–Crippen MR) is 179 cm³/mol. The van der Waals surface area contributed by atoms with Crippen LogP contribution in [0.1, 0.15) is 21.5 Å². The number of carbonyl (C=O) groups excluding carboxylic acids is 2. The fourth-order valence-electron chi connectivity index (χ4n) is 3.91. The second-order valence-electron chi connectivity index (χ2n) is 9.46. The standard InChI is InChI=1S/C32H24Cl3N5O3S/c1-19-2-10-25(11-3-19)38-32-39-28(18-44-32)21-4-6-22(7-5-21)31(42)40-36-16-20-14-26(34)30(27(35)15-20)43-17-29(41)37-24-12-8-23(33)9-13-24/h2-16,18H,17H2,1H3,(H,37,41)(H,38,39)(H,40,42)/b36-16+. The zero-order valence-corrected chi connectivity index (χ0v) is 26.2. The molecule has 2 amide bonds. The number of nitrogens with one attached hydrogen (secondary N) is 3. The van der Waals surface area contributed by atoms with Gasteiger partial charge in [-0.15, -0.1) is 11.3 Å². The average Bonchev–Trinajstić information content (AvgIpc) is 3.47. The van der Waals surface area contributed by atoms with Crippen molar-refractivity contribution in [1.82, 2.24) is 10.4 Å². The first-order valence-corrected chi connectivity index (χ1v) is 15.2. The van der Waals surface area contributed by atoms with Crippen molar-refractivity contribution in [2.24, 2.45) is 5.10 Å². The molecule has 0 radical (unpaired) electrons. The Labute approximate surface area is 272 Å². The van der Waals surface area contributed by atoms with Gasteiger partial charge in [0.15, 0.2) is 17.5 Å². The maximum absolute atomic E-state index is 12.6.